The molecular weight excluding hydrogens is 286 g/mol. The first-order valence-electron chi connectivity index (χ1n) is 6.92. The van der Waals surface area contributed by atoms with E-state index < -0.39 is 0 Å². The van der Waals surface area contributed by atoms with Gasteiger partial charge in [0.15, 0.2) is 11.5 Å². The van der Waals surface area contributed by atoms with Crippen LogP contribution in [-0.4, -0.2) is 14.2 Å². The van der Waals surface area contributed by atoms with E-state index in [2.05, 4.69) is 18.3 Å². The van der Waals surface area contributed by atoms with E-state index >= 15 is 0 Å². The van der Waals surface area contributed by atoms with Crippen molar-refractivity contribution < 1.29 is 9.47 Å². The van der Waals surface area contributed by atoms with Crippen LogP contribution in [0.4, 0.5) is 5.69 Å². The summed E-state index contributed by atoms with van der Waals surface area (Å²) in [5.74, 6) is 1.48. The van der Waals surface area contributed by atoms with Crippen LogP contribution in [0.15, 0.2) is 42.5 Å². The minimum atomic E-state index is 0.200. The predicted octanol–water partition coefficient (Wildman–Crippen LogP) is 4.92. The van der Waals surface area contributed by atoms with Crippen LogP contribution in [0.5, 0.6) is 11.5 Å². The summed E-state index contributed by atoms with van der Waals surface area (Å²) >= 11 is 5.91. The number of nitrogens with one attached hydrogen (secondary N) is 1. The summed E-state index contributed by atoms with van der Waals surface area (Å²) in [4.78, 5) is 0. The summed E-state index contributed by atoms with van der Waals surface area (Å²) in [6.07, 6.45) is 0.956. The fourth-order valence-corrected chi connectivity index (χ4v) is 2.36. The van der Waals surface area contributed by atoms with E-state index in [4.69, 9.17) is 21.1 Å². The standard InChI is InChI=1S/C17H20ClNO2/c1-4-15(19-14-8-6-13(18)7-9-14)12-5-10-16(20-2)17(11-12)21-3/h5-11,15,19H,4H2,1-3H3. The van der Waals surface area contributed by atoms with Gasteiger partial charge >= 0.3 is 0 Å². The normalized spacial score (nSPS) is 11.8. The molecule has 0 fully saturated rings. The Morgan fingerprint density at radius 2 is 1.67 bits per heavy atom. The van der Waals surface area contributed by atoms with Crippen LogP contribution in [0.1, 0.15) is 24.9 Å². The van der Waals surface area contributed by atoms with Gasteiger partial charge in [-0.1, -0.05) is 24.6 Å². The Labute approximate surface area is 130 Å². The number of halogens is 1. The Kier molecular flexibility index (Phi) is 5.34. The molecule has 0 aliphatic carbocycles. The molecule has 3 nitrogen and oxygen atoms in total. The first kappa shape index (κ1) is 15.5. The number of anilines is 1. The first-order chi connectivity index (χ1) is 10.2. The van der Waals surface area contributed by atoms with Crippen LogP contribution >= 0.6 is 11.6 Å². The molecule has 0 heterocycles. The summed E-state index contributed by atoms with van der Waals surface area (Å²) in [7, 11) is 3.29. The predicted molar refractivity (Wildman–Crippen MR) is 87.7 cm³/mol. The van der Waals surface area contributed by atoms with Crippen LogP contribution in [0.3, 0.4) is 0 Å². The van der Waals surface area contributed by atoms with E-state index in [0.29, 0.717) is 0 Å². The van der Waals surface area contributed by atoms with Gasteiger partial charge in [0.1, 0.15) is 0 Å². The lowest BCUT2D eigenvalue weighted by Crippen LogP contribution is -2.10. The monoisotopic (exact) mass is 305 g/mol. The molecule has 2 aromatic carbocycles. The molecular formula is C17H20ClNO2. The highest BCUT2D eigenvalue weighted by molar-refractivity contribution is 6.30. The lowest BCUT2D eigenvalue weighted by atomic mass is 10.0. The summed E-state index contributed by atoms with van der Waals surface area (Å²) in [5, 5.41) is 4.24. The molecule has 0 amide bonds. The lowest BCUT2D eigenvalue weighted by molar-refractivity contribution is 0.354. The van der Waals surface area contributed by atoms with Gasteiger partial charge in [-0.05, 0) is 48.4 Å². The smallest absolute Gasteiger partial charge is 0.161 e. The Morgan fingerprint density at radius 1 is 1.00 bits per heavy atom. The van der Waals surface area contributed by atoms with Crippen molar-refractivity contribution in [1.29, 1.82) is 0 Å². The zero-order valence-electron chi connectivity index (χ0n) is 12.5. The van der Waals surface area contributed by atoms with Gasteiger partial charge in [-0.3, -0.25) is 0 Å². The second-order valence-corrected chi connectivity index (χ2v) is 5.16. The Hall–Kier alpha value is -1.87. The summed E-state index contributed by atoms with van der Waals surface area (Å²) in [6.45, 7) is 2.14. The van der Waals surface area contributed by atoms with Crippen LogP contribution < -0.4 is 14.8 Å². The molecule has 0 aliphatic rings. The van der Waals surface area contributed by atoms with Gasteiger partial charge in [0.2, 0.25) is 0 Å². The number of rotatable bonds is 6. The minimum absolute atomic E-state index is 0.200. The average molecular weight is 306 g/mol. The van der Waals surface area contributed by atoms with E-state index in [1.165, 1.54) is 0 Å². The molecule has 2 aromatic rings. The highest BCUT2D eigenvalue weighted by Crippen LogP contribution is 2.32. The molecule has 112 valence electrons. The SMILES string of the molecule is CCC(Nc1ccc(Cl)cc1)c1ccc(OC)c(OC)c1. The topological polar surface area (TPSA) is 30.5 Å². The molecule has 1 N–H and O–H groups in total. The zero-order chi connectivity index (χ0) is 15.2. The molecule has 0 bridgehead atoms. The molecule has 2 rings (SSSR count). The van der Waals surface area contributed by atoms with Crippen LogP contribution in [0, 0.1) is 0 Å². The van der Waals surface area contributed by atoms with Crippen molar-refractivity contribution >= 4 is 17.3 Å². The Morgan fingerprint density at radius 3 is 2.24 bits per heavy atom. The maximum atomic E-state index is 5.91. The largest absolute Gasteiger partial charge is 0.493 e. The first-order valence-corrected chi connectivity index (χ1v) is 7.29. The number of benzene rings is 2. The number of methoxy groups -OCH3 is 2. The maximum Gasteiger partial charge on any atom is 0.161 e. The van der Waals surface area contributed by atoms with Crippen LogP contribution in [-0.2, 0) is 0 Å². The molecule has 0 aliphatic heterocycles. The third kappa shape index (κ3) is 3.82. The second kappa shape index (κ2) is 7.23. The van der Waals surface area contributed by atoms with Crippen molar-refractivity contribution in [2.24, 2.45) is 0 Å². The van der Waals surface area contributed by atoms with E-state index in [-0.39, 0.29) is 6.04 Å². The number of ether oxygens (including phenoxy) is 2. The number of hydrogen-bond acceptors (Lipinski definition) is 3. The van der Waals surface area contributed by atoms with Gasteiger partial charge in [0.25, 0.3) is 0 Å². The second-order valence-electron chi connectivity index (χ2n) is 4.73. The Balaban J connectivity index is 2.22. The van der Waals surface area contributed by atoms with Gasteiger partial charge in [0, 0.05) is 10.7 Å². The fourth-order valence-electron chi connectivity index (χ4n) is 2.24. The molecule has 0 aromatic heterocycles. The van der Waals surface area contributed by atoms with E-state index in [1.54, 1.807) is 14.2 Å². The van der Waals surface area contributed by atoms with Crippen LogP contribution in [0.25, 0.3) is 0 Å². The molecule has 1 atom stereocenters. The van der Waals surface area contributed by atoms with E-state index in [9.17, 15) is 0 Å². The van der Waals surface area contributed by atoms with Crippen molar-refractivity contribution in [1.82, 2.24) is 0 Å². The number of hydrogen-bond donors (Lipinski definition) is 1. The van der Waals surface area contributed by atoms with Gasteiger partial charge in [-0.2, -0.15) is 0 Å². The summed E-state index contributed by atoms with van der Waals surface area (Å²) in [6, 6.07) is 13.9. The van der Waals surface area contributed by atoms with Crippen molar-refractivity contribution in [3.63, 3.8) is 0 Å². The van der Waals surface area contributed by atoms with Crippen molar-refractivity contribution in [2.45, 2.75) is 19.4 Å². The molecule has 0 spiro atoms. The molecule has 0 saturated carbocycles. The fraction of sp³-hybridized carbons (Fsp3) is 0.294. The highest BCUT2D eigenvalue weighted by atomic mass is 35.5. The average Bonchev–Trinajstić information content (AvgIpc) is 2.53. The van der Waals surface area contributed by atoms with Gasteiger partial charge in [-0.15, -0.1) is 0 Å². The van der Waals surface area contributed by atoms with Crippen molar-refractivity contribution in [2.75, 3.05) is 19.5 Å². The molecule has 1 unspecified atom stereocenters. The highest BCUT2D eigenvalue weighted by Gasteiger charge is 2.12. The van der Waals surface area contributed by atoms with E-state index in [1.807, 2.05) is 36.4 Å². The molecule has 21 heavy (non-hydrogen) atoms. The maximum absolute atomic E-state index is 5.91. The summed E-state index contributed by atoms with van der Waals surface area (Å²) in [5.41, 5.74) is 2.20. The Bertz CT molecular complexity index is 584. The third-order valence-electron chi connectivity index (χ3n) is 3.40. The molecule has 0 saturated heterocycles. The summed E-state index contributed by atoms with van der Waals surface area (Å²) < 4.78 is 10.6. The van der Waals surface area contributed by atoms with Gasteiger partial charge in [0.05, 0.1) is 20.3 Å². The quantitative estimate of drug-likeness (QED) is 0.821. The van der Waals surface area contributed by atoms with E-state index in [0.717, 1.165) is 34.2 Å². The van der Waals surface area contributed by atoms with Gasteiger partial charge < -0.3 is 14.8 Å². The van der Waals surface area contributed by atoms with Gasteiger partial charge in [-0.25, -0.2) is 0 Å². The van der Waals surface area contributed by atoms with Crippen LogP contribution in [0.2, 0.25) is 5.02 Å². The van der Waals surface area contributed by atoms with Crippen molar-refractivity contribution in [3.05, 3.63) is 53.1 Å². The molecule has 0 radical (unpaired) electrons. The minimum Gasteiger partial charge on any atom is -0.493 e. The lowest BCUT2D eigenvalue weighted by Gasteiger charge is -2.20. The van der Waals surface area contributed by atoms with Crippen molar-refractivity contribution in [3.8, 4) is 11.5 Å². The molecule has 4 heteroatoms. The third-order valence-corrected chi connectivity index (χ3v) is 3.66. The zero-order valence-corrected chi connectivity index (χ0v) is 13.3.